The van der Waals surface area contributed by atoms with Gasteiger partial charge in [-0.15, -0.1) is 0 Å². The molecule has 0 bridgehead atoms. The van der Waals surface area contributed by atoms with E-state index in [2.05, 4.69) is 42.5 Å². The summed E-state index contributed by atoms with van der Waals surface area (Å²) in [4.78, 5) is 0. The van der Waals surface area contributed by atoms with Crippen LogP contribution in [-0.4, -0.2) is 23.5 Å². The standard InChI is InChI=1S/C14H18O2Si/c1-15-17(16-2)11-10-13-8-5-7-12-6-3-4-9-14(12)13/h3-9,17H,10-11H2,1-2H3. The summed E-state index contributed by atoms with van der Waals surface area (Å²) in [6.07, 6.45) is 1.03. The molecule has 0 saturated heterocycles. The van der Waals surface area contributed by atoms with E-state index in [0.717, 1.165) is 12.5 Å². The van der Waals surface area contributed by atoms with E-state index in [4.69, 9.17) is 8.85 Å². The number of benzene rings is 2. The molecule has 0 fully saturated rings. The zero-order valence-electron chi connectivity index (χ0n) is 10.3. The SMILES string of the molecule is CO[SiH](CCc1cccc2ccccc12)OC. The average Bonchev–Trinajstić information content (AvgIpc) is 2.40. The van der Waals surface area contributed by atoms with Crippen LogP contribution in [0.3, 0.4) is 0 Å². The molecule has 0 spiro atoms. The maximum Gasteiger partial charge on any atom is 0.321 e. The van der Waals surface area contributed by atoms with Gasteiger partial charge in [0.15, 0.2) is 0 Å². The van der Waals surface area contributed by atoms with Crippen molar-refractivity contribution in [3.8, 4) is 0 Å². The van der Waals surface area contributed by atoms with Crippen LogP contribution in [-0.2, 0) is 15.3 Å². The Kier molecular flexibility index (Phi) is 4.31. The Labute approximate surface area is 104 Å². The first-order chi connectivity index (χ1) is 8.35. The maximum absolute atomic E-state index is 5.35. The summed E-state index contributed by atoms with van der Waals surface area (Å²) < 4.78 is 10.7. The zero-order valence-corrected chi connectivity index (χ0v) is 11.5. The van der Waals surface area contributed by atoms with Crippen molar-refractivity contribution < 1.29 is 8.85 Å². The van der Waals surface area contributed by atoms with E-state index in [1.165, 1.54) is 16.3 Å². The quantitative estimate of drug-likeness (QED) is 0.755. The Morgan fingerprint density at radius 1 is 0.941 bits per heavy atom. The molecule has 0 aliphatic heterocycles. The summed E-state index contributed by atoms with van der Waals surface area (Å²) in [6.45, 7) is 0. The molecule has 2 nitrogen and oxygen atoms in total. The van der Waals surface area contributed by atoms with Gasteiger partial charge in [0.2, 0.25) is 0 Å². The fraction of sp³-hybridized carbons (Fsp3) is 0.286. The third-order valence-electron chi connectivity index (χ3n) is 3.06. The van der Waals surface area contributed by atoms with Crippen LogP contribution in [0.5, 0.6) is 0 Å². The van der Waals surface area contributed by atoms with Gasteiger partial charge in [0.1, 0.15) is 0 Å². The Balaban J connectivity index is 2.18. The first kappa shape index (κ1) is 12.3. The highest BCUT2D eigenvalue weighted by atomic mass is 28.3. The molecule has 0 amide bonds. The average molecular weight is 246 g/mol. The van der Waals surface area contributed by atoms with Gasteiger partial charge in [-0.05, 0) is 28.8 Å². The van der Waals surface area contributed by atoms with Gasteiger partial charge in [-0.25, -0.2) is 0 Å². The molecule has 3 heteroatoms. The molecule has 0 aliphatic rings. The minimum atomic E-state index is -1.44. The van der Waals surface area contributed by atoms with E-state index in [1.54, 1.807) is 14.2 Å². The topological polar surface area (TPSA) is 18.5 Å². The number of hydrogen-bond donors (Lipinski definition) is 0. The molecule has 0 heterocycles. The number of rotatable bonds is 5. The minimum Gasteiger partial charge on any atom is -0.400 e. The molecule has 0 atom stereocenters. The Morgan fingerprint density at radius 2 is 1.65 bits per heavy atom. The van der Waals surface area contributed by atoms with Crippen LogP contribution in [0.15, 0.2) is 42.5 Å². The summed E-state index contributed by atoms with van der Waals surface area (Å²) in [5, 5.41) is 2.65. The van der Waals surface area contributed by atoms with Crippen LogP contribution in [0.2, 0.25) is 6.04 Å². The summed E-state index contributed by atoms with van der Waals surface area (Å²) in [7, 11) is 2.04. The second-order valence-corrected chi connectivity index (χ2v) is 6.46. The smallest absolute Gasteiger partial charge is 0.321 e. The number of aryl methyl sites for hydroxylation is 1. The second kappa shape index (κ2) is 5.96. The molecule has 0 aliphatic carbocycles. The molecule has 0 saturated carbocycles. The van der Waals surface area contributed by atoms with Crippen molar-refractivity contribution >= 4 is 20.1 Å². The lowest BCUT2D eigenvalue weighted by Gasteiger charge is -2.11. The van der Waals surface area contributed by atoms with Crippen LogP contribution in [0, 0.1) is 0 Å². The Hall–Kier alpha value is -1.16. The molecule has 90 valence electrons. The summed E-state index contributed by atoms with van der Waals surface area (Å²) in [5.41, 5.74) is 1.38. The number of fused-ring (bicyclic) bond motifs is 1. The van der Waals surface area contributed by atoms with E-state index in [0.29, 0.717) is 0 Å². The van der Waals surface area contributed by atoms with Gasteiger partial charge in [-0.3, -0.25) is 0 Å². The van der Waals surface area contributed by atoms with E-state index < -0.39 is 9.28 Å². The molecule has 0 N–H and O–H groups in total. The predicted molar refractivity (Wildman–Crippen MR) is 73.6 cm³/mol. The monoisotopic (exact) mass is 246 g/mol. The van der Waals surface area contributed by atoms with Crippen LogP contribution >= 0.6 is 0 Å². The highest BCUT2D eigenvalue weighted by Gasteiger charge is 2.10. The Bertz CT molecular complexity index is 475. The summed E-state index contributed by atoms with van der Waals surface area (Å²) in [6, 6.07) is 16.0. The summed E-state index contributed by atoms with van der Waals surface area (Å²) >= 11 is 0. The predicted octanol–water partition coefficient (Wildman–Crippen LogP) is 2.90. The molecule has 2 aromatic carbocycles. The fourth-order valence-corrected chi connectivity index (χ4v) is 3.33. The lowest BCUT2D eigenvalue weighted by molar-refractivity contribution is 0.277. The lowest BCUT2D eigenvalue weighted by Crippen LogP contribution is -2.19. The molecular formula is C14H18O2Si. The highest BCUT2D eigenvalue weighted by Crippen LogP contribution is 2.20. The molecule has 0 radical (unpaired) electrons. The van der Waals surface area contributed by atoms with Gasteiger partial charge in [0.25, 0.3) is 0 Å². The first-order valence-corrected chi connectivity index (χ1v) is 7.63. The molecule has 17 heavy (non-hydrogen) atoms. The normalized spacial score (nSPS) is 11.2. The van der Waals surface area contributed by atoms with Crippen LogP contribution in [0.1, 0.15) is 5.56 Å². The van der Waals surface area contributed by atoms with E-state index in [1.807, 2.05) is 0 Å². The van der Waals surface area contributed by atoms with E-state index >= 15 is 0 Å². The van der Waals surface area contributed by atoms with Crippen LogP contribution in [0.4, 0.5) is 0 Å². The molecule has 2 rings (SSSR count). The van der Waals surface area contributed by atoms with Crippen molar-refractivity contribution in [1.82, 2.24) is 0 Å². The van der Waals surface area contributed by atoms with Crippen molar-refractivity contribution in [3.05, 3.63) is 48.0 Å². The van der Waals surface area contributed by atoms with Crippen molar-refractivity contribution in [2.75, 3.05) is 14.2 Å². The largest absolute Gasteiger partial charge is 0.400 e. The number of hydrogen-bond acceptors (Lipinski definition) is 2. The second-order valence-electron chi connectivity index (χ2n) is 4.08. The van der Waals surface area contributed by atoms with E-state index in [-0.39, 0.29) is 0 Å². The first-order valence-electron chi connectivity index (χ1n) is 5.87. The van der Waals surface area contributed by atoms with Crippen molar-refractivity contribution in [2.24, 2.45) is 0 Å². The Morgan fingerprint density at radius 3 is 2.41 bits per heavy atom. The van der Waals surface area contributed by atoms with Crippen LogP contribution in [0.25, 0.3) is 10.8 Å². The van der Waals surface area contributed by atoms with Gasteiger partial charge in [0.05, 0.1) is 0 Å². The lowest BCUT2D eigenvalue weighted by atomic mass is 10.0. The van der Waals surface area contributed by atoms with Gasteiger partial charge in [-0.1, -0.05) is 42.5 Å². The third kappa shape index (κ3) is 2.94. The van der Waals surface area contributed by atoms with Gasteiger partial charge < -0.3 is 8.85 Å². The maximum atomic E-state index is 5.35. The zero-order chi connectivity index (χ0) is 12.1. The molecular weight excluding hydrogens is 228 g/mol. The molecule has 0 unspecified atom stereocenters. The van der Waals surface area contributed by atoms with Crippen molar-refractivity contribution in [2.45, 2.75) is 12.5 Å². The fourth-order valence-electron chi connectivity index (χ4n) is 2.12. The third-order valence-corrected chi connectivity index (χ3v) is 4.87. The van der Waals surface area contributed by atoms with Gasteiger partial charge >= 0.3 is 9.28 Å². The van der Waals surface area contributed by atoms with Gasteiger partial charge in [0, 0.05) is 14.2 Å². The highest BCUT2D eigenvalue weighted by molar-refractivity contribution is 6.44. The summed E-state index contributed by atoms with van der Waals surface area (Å²) in [5.74, 6) is 0. The van der Waals surface area contributed by atoms with Crippen LogP contribution < -0.4 is 0 Å². The van der Waals surface area contributed by atoms with Crippen molar-refractivity contribution in [3.63, 3.8) is 0 Å². The van der Waals surface area contributed by atoms with E-state index in [9.17, 15) is 0 Å². The molecule has 2 aromatic rings. The molecule has 0 aromatic heterocycles. The minimum absolute atomic E-state index is 1.01. The van der Waals surface area contributed by atoms with Gasteiger partial charge in [-0.2, -0.15) is 0 Å². The van der Waals surface area contributed by atoms with Crippen molar-refractivity contribution in [1.29, 1.82) is 0 Å².